The second kappa shape index (κ2) is 6.32. The van der Waals surface area contributed by atoms with Gasteiger partial charge in [-0.2, -0.15) is 8.42 Å². The summed E-state index contributed by atoms with van der Waals surface area (Å²) in [6.45, 7) is -0.250. The fourth-order valence-electron chi connectivity index (χ4n) is 0.362. The van der Waals surface area contributed by atoms with Crippen LogP contribution >= 0.6 is 0 Å². The lowest BCUT2D eigenvalue weighted by atomic mass is 10.8. The number of aliphatic hydroxyl groups is 2. The molecule has 0 aliphatic heterocycles. The van der Waals surface area contributed by atoms with Gasteiger partial charge in [-0.3, -0.25) is 4.55 Å². The van der Waals surface area contributed by atoms with Crippen LogP contribution in [0.5, 0.6) is 0 Å². The molecule has 1 rings (SSSR count). The van der Waals surface area contributed by atoms with Gasteiger partial charge in [0.2, 0.25) is 0 Å². The van der Waals surface area contributed by atoms with Crippen molar-refractivity contribution in [1.29, 1.82) is 0 Å². The van der Waals surface area contributed by atoms with Crippen LogP contribution in [-0.2, 0) is 10.1 Å². The summed E-state index contributed by atoms with van der Waals surface area (Å²) in [6.07, 6.45) is 1.96. The van der Waals surface area contributed by atoms with Crippen molar-refractivity contribution in [3.63, 3.8) is 0 Å². The minimum absolute atomic E-state index is 0.125. The van der Waals surface area contributed by atoms with Crippen molar-refractivity contribution in [2.45, 2.75) is 5.16 Å². The largest absolute Gasteiger partial charge is 0.394 e. The molecule has 0 saturated heterocycles. The van der Waals surface area contributed by atoms with Gasteiger partial charge < -0.3 is 10.2 Å². The molecule has 0 unspecified atom stereocenters. The fraction of sp³-hybridized carbons (Fsp3) is 0.400. The molecule has 0 bridgehead atoms. The lowest BCUT2D eigenvalue weighted by Gasteiger charge is -1.89. The summed E-state index contributed by atoms with van der Waals surface area (Å²) in [5.74, 6) is 0. The van der Waals surface area contributed by atoms with E-state index in [9.17, 15) is 8.42 Å². The maximum absolute atomic E-state index is 10.2. The minimum atomic E-state index is -4.27. The monoisotopic (exact) mass is 223 g/mol. The van der Waals surface area contributed by atoms with Crippen LogP contribution in [0.25, 0.3) is 0 Å². The van der Waals surface area contributed by atoms with E-state index in [1.54, 1.807) is 0 Å². The zero-order chi connectivity index (χ0) is 11.0. The van der Waals surface area contributed by atoms with Crippen LogP contribution < -0.4 is 0 Å². The molecule has 1 heterocycles. The number of hydrogen-bond donors (Lipinski definition) is 3. The molecule has 80 valence electrons. The van der Waals surface area contributed by atoms with Crippen molar-refractivity contribution >= 4 is 10.1 Å². The SMILES string of the molecule is O=S(=O)(O)c1ncncn1.OCCO. The highest BCUT2D eigenvalue weighted by Gasteiger charge is 2.10. The van der Waals surface area contributed by atoms with Crippen molar-refractivity contribution in [2.24, 2.45) is 0 Å². The van der Waals surface area contributed by atoms with E-state index in [4.69, 9.17) is 14.8 Å². The van der Waals surface area contributed by atoms with Gasteiger partial charge in [-0.15, -0.1) is 0 Å². The topological polar surface area (TPSA) is 134 Å². The Kier molecular flexibility index (Phi) is 5.79. The molecule has 0 fully saturated rings. The van der Waals surface area contributed by atoms with Crippen LogP contribution in [0.2, 0.25) is 0 Å². The third kappa shape index (κ3) is 5.48. The highest BCUT2D eigenvalue weighted by molar-refractivity contribution is 7.85. The Morgan fingerprint density at radius 3 is 1.79 bits per heavy atom. The molecule has 9 heteroatoms. The van der Waals surface area contributed by atoms with E-state index in [0.29, 0.717) is 0 Å². The first-order valence-electron chi connectivity index (χ1n) is 3.33. The normalized spacial score (nSPS) is 10.2. The Hall–Kier alpha value is -1.16. The number of aromatic nitrogens is 3. The second-order valence-corrected chi connectivity index (χ2v) is 3.16. The molecule has 0 amide bonds. The average Bonchev–Trinajstić information content (AvgIpc) is 2.18. The maximum Gasteiger partial charge on any atom is 0.330 e. The Morgan fingerprint density at radius 1 is 1.14 bits per heavy atom. The summed E-state index contributed by atoms with van der Waals surface area (Å²) in [4.78, 5) is 9.74. The first kappa shape index (κ1) is 12.8. The number of rotatable bonds is 2. The molecule has 14 heavy (non-hydrogen) atoms. The lowest BCUT2D eigenvalue weighted by molar-refractivity contribution is 0.186. The van der Waals surface area contributed by atoms with Crippen molar-refractivity contribution in [1.82, 2.24) is 15.0 Å². The number of aliphatic hydroxyl groups excluding tert-OH is 2. The number of hydrogen-bond acceptors (Lipinski definition) is 7. The molecule has 0 saturated carbocycles. The fourth-order valence-corrected chi connectivity index (χ4v) is 0.722. The highest BCUT2D eigenvalue weighted by atomic mass is 32.2. The summed E-state index contributed by atoms with van der Waals surface area (Å²) >= 11 is 0. The van der Waals surface area contributed by atoms with Gasteiger partial charge in [0.25, 0.3) is 5.16 Å². The highest BCUT2D eigenvalue weighted by Crippen LogP contribution is 1.94. The van der Waals surface area contributed by atoms with Gasteiger partial charge in [0.05, 0.1) is 13.2 Å². The second-order valence-electron chi connectivity index (χ2n) is 1.84. The summed E-state index contributed by atoms with van der Waals surface area (Å²) in [7, 11) is -4.27. The minimum Gasteiger partial charge on any atom is -0.394 e. The van der Waals surface area contributed by atoms with Gasteiger partial charge in [0.15, 0.2) is 0 Å². The number of nitrogens with zero attached hydrogens (tertiary/aromatic N) is 3. The zero-order valence-corrected chi connectivity index (χ0v) is 7.79. The molecule has 0 radical (unpaired) electrons. The van der Waals surface area contributed by atoms with Crippen LogP contribution in [0.15, 0.2) is 17.8 Å². The van der Waals surface area contributed by atoms with Crippen molar-refractivity contribution in [3.8, 4) is 0 Å². The van der Waals surface area contributed by atoms with Crippen LogP contribution in [-0.4, -0.2) is 51.3 Å². The molecule has 0 aliphatic rings. The van der Waals surface area contributed by atoms with E-state index in [1.165, 1.54) is 0 Å². The first-order chi connectivity index (χ1) is 6.52. The Morgan fingerprint density at radius 2 is 1.57 bits per heavy atom. The van der Waals surface area contributed by atoms with Crippen molar-refractivity contribution < 1.29 is 23.2 Å². The predicted molar refractivity (Wildman–Crippen MR) is 43.8 cm³/mol. The van der Waals surface area contributed by atoms with E-state index in [-0.39, 0.29) is 13.2 Å². The van der Waals surface area contributed by atoms with Gasteiger partial charge in [0, 0.05) is 0 Å². The average molecular weight is 223 g/mol. The van der Waals surface area contributed by atoms with Crippen molar-refractivity contribution in [2.75, 3.05) is 13.2 Å². The smallest absolute Gasteiger partial charge is 0.330 e. The molecule has 1 aromatic heterocycles. The molecule has 0 atom stereocenters. The van der Waals surface area contributed by atoms with Gasteiger partial charge in [0.1, 0.15) is 12.7 Å². The summed E-state index contributed by atoms with van der Waals surface area (Å²) in [5.41, 5.74) is 0. The standard InChI is InChI=1S/C3H3N3O3S.C2H6O2/c7-10(8,9)3-5-1-4-2-6-3;3-1-2-4/h1-2H,(H,7,8,9);3-4H,1-2H2. The van der Waals surface area contributed by atoms with E-state index in [2.05, 4.69) is 15.0 Å². The van der Waals surface area contributed by atoms with Gasteiger partial charge in [-0.1, -0.05) is 0 Å². The molecular formula is C5H9N3O5S. The quantitative estimate of drug-likeness (QED) is 0.494. The molecule has 0 aromatic carbocycles. The van der Waals surface area contributed by atoms with Gasteiger partial charge >= 0.3 is 10.1 Å². The Labute approximate surface area is 80.0 Å². The first-order valence-corrected chi connectivity index (χ1v) is 4.77. The third-order valence-corrected chi connectivity index (χ3v) is 1.47. The lowest BCUT2D eigenvalue weighted by Crippen LogP contribution is -2.03. The van der Waals surface area contributed by atoms with E-state index < -0.39 is 15.3 Å². The third-order valence-electron chi connectivity index (χ3n) is 0.800. The predicted octanol–water partition coefficient (Wildman–Crippen LogP) is -1.91. The Bertz CT molecular complexity index is 338. The summed E-state index contributed by atoms with van der Waals surface area (Å²) in [5, 5.41) is 14.6. The molecule has 1 aromatic rings. The Balaban J connectivity index is 0.000000364. The van der Waals surface area contributed by atoms with Crippen molar-refractivity contribution in [3.05, 3.63) is 12.7 Å². The van der Waals surface area contributed by atoms with E-state index in [0.717, 1.165) is 12.7 Å². The molecule has 8 nitrogen and oxygen atoms in total. The van der Waals surface area contributed by atoms with Crippen LogP contribution in [0.1, 0.15) is 0 Å². The van der Waals surface area contributed by atoms with Crippen LogP contribution in [0.4, 0.5) is 0 Å². The van der Waals surface area contributed by atoms with Gasteiger partial charge in [-0.05, 0) is 0 Å². The van der Waals surface area contributed by atoms with Crippen LogP contribution in [0, 0.1) is 0 Å². The molecule has 0 spiro atoms. The van der Waals surface area contributed by atoms with Gasteiger partial charge in [-0.25, -0.2) is 15.0 Å². The molecule has 3 N–H and O–H groups in total. The zero-order valence-electron chi connectivity index (χ0n) is 6.98. The van der Waals surface area contributed by atoms with E-state index >= 15 is 0 Å². The maximum atomic E-state index is 10.2. The molecular weight excluding hydrogens is 214 g/mol. The summed E-state index contributed by atoms with van der Waals surface area (Å²) in [6, 6.07) is 0. The van der Waals surface area contributed by atoms with E-state index in [1.807, 2.05) is 0 Å². The van der Waals surface area contributed by atoms with Crippen LogP contribution in [0.3, 0.4) is 0 Å². The summed E-state index contributed by atoms with van der Waals surface area (Å²) < 4.78 is 28.8. The molecule has 0 aliphatic carbocycles.